The van der Waals surface area contributed by atoms with Crippen molar-refractivity contribution >= 4 is 11.9 Å². The van der Waals surface area contributed by atoms with Gasteiger partial charge in [-0.05, 0) is 12.1 Å². The zero-order chi connectivity index (χ0) is 14.0. The van der Waals surface area contributed by atoms with Crippen molar-refractivity contribution in [2.24, 2.45) is 0 Å². The third-order valence-corrected chi connectivity index (χ3v) is 2.67. The molecule has 0 fully saturated rings. The van der Waals surface area contributed by atoms with Gasteiger partial charge in [-0.25, -0.2) is 4.79 Å². The molecule has 0 aliphatic carbocycles. The molecular formula is C12H14N2O5. The molecule has 1 aromatic carbocycles. The summed E-state index contributed by atoms with van der Waals surface area (Å²) in [5.74, 6) is -0.0610. The lowest BCUT2D eigenvalue weighted by Gasteiger charge is -2.13. The van der Waals surface area contributed by atoms with Crippen molar-refractivity contribution in [1.82, 2.24) is 10.9 Å². The first-order valence-electron chi connectivity index (χ1n) is 5.56. The van der Waals surface area contributed by atoms with Gasteiger partial charge in [0, 0.05) is 12.5 Å². The molecule has 0 aromatic heterocycles. The van der Waals surface area contributed by atoms with E-state index in [0.717, 1.165) is 0 Å². The van der Waals surface area contributed by atoms with E-state index in [2.05, 4.69) is 10.9 Å². The molecule has 0 radical (unpaired) electrons. The van der Waals surface area contributed by atoms with Gasteiger partial charge in [0.05, 0.1) is 14.2 Å². The summed E-state index contributed by atoms with van der Waals surface area (Å²) in [5.41, 5.74) is 5.87. The minimum atomic E-state index is -0.744. The maximum atomic E-state index is 11.9. The fourth-order valence-corrected chi connectivity index (χ4v) is 1.88. The fraction of sp³-hybridized carbons (Fsp3) is 0.333. The van der Waals surface area contributed by atoms with Crippen LogP contribution in [0, 0.1) is 0 Å². The highest BCUT2D eigenvalue weighted by Crippen LogP contribution is 2.40. The summed E-state index contributed by atoms with van der Waals surface area (Å²) < 4.78 is 15.4. The lowest BCUT2D eigenvalue weighted by atomic mass is 10.1. The van der Waals surface area contributed by atoms with Crippen LogP contribution in [0.5, 0.6) is 11.5 Å². The molecule has 2 N–H and O–H groups in total. The Morgan fingerprint density at radius 3 is 2.63 bits per heavy atom. The Morgan fingerprint density at radius 2 is 2.05 bits per heavy atom. The average Bonchev–Trinajstić information content (AvgIpc) is 2.72. The molecule has 0 unspecified atom stereocenters. The standard InChI is InChI=1S/C12H14N2O5/c1-6(15)13-14-11-7-4-5-8(17-2)10(18-3)9(7)12(16)19-11/h4-5,11,14H,1-3H3,(H,13,15)/t11-/m0/s1. The van der Waals surface area contributed by atoms with Crippen molar-refractivity contribution in [2.75, 3.05) is 14.2 Å². The van der Waals surface area contributed by atoms with Crippen LogP contribution in [0.25, 0.3) is 0 Å². The van der Waals surface area contributed by atoms with Gasteiger partial charge in [0.2, 0.25) is 5.91 Å². The molecule has 1 aliphatic rings. The predicted octanol–water partition coefficient (Wildman–Crippen LogP) is 0.513. The largest absolute Gasteiger partial charge is 0.493 e. The molecule has 19 heavy (non-hydrogen) atoms. The van der Waals surface area contributed by atoms with Gasteiger partial charge in [0.1, 0.15) is 5.56 Å². The number of carbonyl (C=O) groups is 2. The second kappa shape index (κ2) is 5.15. The average molecular weight is 266 g/mol. The van der Waals surface area contributed by atoms with E-state index in [0.29, 0.717) is 22.6 Å². The number of cyclic esters (lactones) is 1. The topological polar surface area (TPSA) is 85.9 Å². The summed E-state index contributed by atoms with van der Waals surface area (Å²) >= 11 is 0. The van der Waals surface area contributed by atoms with Gasteiger partial charge >= 0.3 is 5.97 Å². The summed E-state index contributed by atoms with van der Waals surface area (Å²) in [6.07, 6.45) is -0.744. The Hall–Kier alpha value is -2.28. The quantitative estimate of drug-likeness (QED) is 0.610. The molecule has 7 heteroatoms. The Kier molecular flexibility index (Phi) is 3.57. The fourth-order valence-electron chi connectivity index (χ4n) is 1.88. The smallest absolute Gasteiger partial charge is 0.344 e. The van der Waals surface area contributed by atoms with Gasteiger partial charge in [-0.15, -0.1) is 0 Å². The maximum Gasteiger partial charge on any atom is 0.344 e. The Morgan fingerprint density at radius 1 is 1.32 bits per heavy atom. The van der Waals surface area contributed by atoms with Crippen molar-refractivity contribution in [3.63, 3.8) is 0 Å². The molecule has 1 aliphatic heterocycles. The van der Waals surface area contributed by atoms with Crippen LogP contribution in [-0.4, -0.2) is 26.1 Å². The number of nitrogens with one attached hydrogen (secondary N) is 2. The maximum absolute atomic E-state index is 11.9. The normalized spacial score (nSPS) is 16.6. The van der Waals surface area contributed by atoms with Gasteiger partial charge in [0.15, 0.2) is 17.7 Å². The number of carbonyl (C=O) groups excluding carboxylic acids is 2. The lowest BCUT2D eigenvalue weighted by Crippen LogP contribution is -2.38. The molecule has 1 heterocycles. The number of ether oxygens (including phenoxy) is 3. The number of esters is 1. The van der Waals surface area contributed by atoms with Crippen molar-refractivity contribution in [3.05, 3.63) is 23.3 Å². The molecular weight excluding hydrogens is 252 g/mol. The van der Waals surface area contributed by atoms with E-state index in [1.165, 1.54) is 21.1 Å². The van der Waals surface area contributed by atoms with Gasteiger partial charge in [-0.2, -0.15) is 5.43 Å². The highest BCUT2D eigenvalue weighted by molar-refractivity contribution is 5.98. The van der Waals surface area contributed by atoms with E-state index in [1.54, 1.807) is 12.1 Å². The van der Waals surface area contributed by atoms with E-state index >= 15 is 0 Å². The van der Waals surface area contributed by atoms with E-state index < -0.39 is 12.2 Å². The molecule has 102 valence electrons. The molecule has 0 spiro atoms. The third-order valence-electron chi connectivity index (χ3n) is 2.67. The summed E-state index contributed by atoms with van der Waals surface area (Å²) in [4.78, 5) is 22.7. The summed E-state index contributed by atoms with van der Waals surface area (Å²) in [5, 5.41) is 0. The van der Waals surface area contributed by atoms with Crippen molar-refractivity contribution in [3.8, 4) is 11.5 Å². The van der Waals surface area contributed by atoms with Crippen LogP contribution in [-0.2, 0) is 9.53 Å². The van der Waals surface area contributed by atoms with E-state index in [9.17, 15) is 9.59 Å². The van der Waals surface area contributed by atoms with Gasteiger partial charge in [-0.1, -0.05) is 0 Å². The number of fused-ring (bicyclic) bond motifs is 1. The second-order valence-corrected chi connectivity index (χ2v) is 3.88. The Labute approximate surface area is 109 Å². The number of rotatable bonds is 4. The summed E-state index contributed by atoms with van der Waals surface area (Å²) in [7, 11) is 2.93. The van der Waals surface area contributed by atoms with Crippen LogP contribution >= 0.6 is 0 Å². The van der Waals surface area contributed by atoms with E-state index in [-0.39, 0.29) is 5.91 Å². The lowest BCUT2D eigenvalue weighted by molar-refractivity contribution is -0.121. The number of amides is 1. The van der Waals surface area contributed by atoms with Crippen LogP contribution in [0.1, 0.15) is 29.1 Å². The zero-order valence-corrected chi connectivity index (χ0v) is 10.8. The number of hydrazine groups is 1. The van der Waals surface area contributed by atoms with E-state index in [1.807, 2.05) is 0 Å². The molecule has 0 saturated heterocycles. The van der Waals surface area contributed by atoms with Gasteiger partial charge < -0.3 is 14.2 Å². The molecule has 2 rings (SSSR count). The SMILES string of the molecule is COc1ccc2c(c1OC)C(=O)O[C@@H]2NNC(C)=O. The minimum Gasteiger partial charge on any atom is -0.493 e. The monoisotopic (exact) mass is 266 g/mol. The molecule has 7 nitrogen and oxygen atoms in total. The molecule has 0 bridgehead atoms. The highest BCUT2D eigenvalue weighted by atomic mass is 16.6. The summed E-state index contributed by atoms with van der Waals surface area (Å²) in [6, 6.07) is 3.35. The second-order valence-electron chi connectivity index (χ2n) is 3.88. The van der Waals surface area contributed by atoms with Crippen LogP contribution in [0.3, 0.4) is 0 Å². The summed E-state index contributed by atoms with van der Waals surface area (Å²) in [6.45, 7) is 1.35. The molecule has 1 amide bonds. The van der Waals surface area contributed by atoms with Crippen molar-refractivity contribution in [2.45, 2.75) is 13.2 Å². The first-order chi connectivity index (χ1) is 9.08. The van der Waals surface area contributed by atoms with Crippen molar-refractivity contribution in [1.29, 1.82) is 0 Å². The van der Waals surface area contributed by atoms with Gasteiger partial charge in [-0.3, -0.25) is 10.2 Å². The molecule has 1 aromatic rings. The predicted molar refractivity (Wildman–Crippen MR) is 64.7 cm³/mol. The van der Waals surface area contributed by atoms with Crippen molar-refractivity contribution < 1.29 is 23.8 Å². The number of hydrogen-bond acceptors (Lipinski definition) is 6. The Bertz CT molecular complexity index is 529. The first-order valence-corrected chi connectivity index (χ1v) is 5.56. The minimum absolute atomic E-state index is 0.287. The van der Waals surface area contributed by atoms with Crippen LogP contribution < -0.4 is 20.3 Å². The Balaban J connectivity index is 2.37. The van der Waals surface area contributed by atoms with E-state index in [4.69, 9.17) is 14.2 Å². The molecule has 0 saturated carbocycles. The highest BCUT2D eigenvalue weighted by Gasteiger charge is 2.35. The number of benzene rings is 1. The zero-order valence-electron chi connectivity index (χ0n) is 10.8. The first kappa shape index (κ1) is 13.2. The van der Waals surface area contributed by atoms with Crippen LogP contribution in [0.2, 0.25) is 0 Å². The van der Waals surface area contributed by atoms with Gasteiger partial charge in [0.25, 0.3) is 0 Å². The van der Waals surface area contributed by atoms with Crippen LogP contribution in [0.4, 0.5) is 0 Å². The third kappa shape index (κ3) is 2.32. The number of methoxy groups -OCH3 is 2. The number of hydrogen-bond donors (Lipinski definition) is 2. The van der Waals surface area contributed by atoms with Crippen LogP contribution in [0.15, 0.2) is 12.1 Å². The molecule has 1 atom stereocenters.